The first-order chi connectivity index (χ1) is 17.3. The number of nitrogens with zero attached hydrogens (tertiary/aromatic N) is 2. The summed E-state index contributed by atoms with van der Waals surface area (Å²) in [5, 5.41) is 0. The second-order valence-corrected chi connectivity index (χ2v) is 9.60. The van der Waals surface area contributed by atoms with Gasteiger partial charge in [-0.2, -0.15) is 13.2 Å². The van der Waals surface area contributed by atoms with Crippen molar-refractivity contribution in [3.05, 3.63) is 65.4 Å². The lowest BCUT2D eigenvalue weighted by Crippen LogP contribution is -2.33. The summed E-state index contributed by atoms with van der Waals surface area (Å²) in [5.41, 5.74) is 2.91. The predicted octanol–water partition coefficient (Wildman–Crippen LogP) is 5.28. The Morgan fingerprint density at radius 1 is 1.11 bits per heavy atom. The first-order valence-corrected chi connectivity index (χ1v) is 12.6. The summed E-state index contributed by atoms with van der Waals surface area (Å²) < 4.78 is 48.1. The van der Waals surface area contributed by atoms with Crippen LogP contribution >= 0.6 is 0 Å². The van der Waals surface area contributed by atoms with Crippen LogP contribution in [-0.4, -0.2) is 60.8 Å². The zero-order valence-corrected chi connectivity index (χ0v) is 20.4. The van der Waals surface area contributed by atoms with Crippen molar-refractivity contribution in [1.29, 1.82) is 0 Å². The van der Waals surface area contributed by atoms with Crippen LogP contribution in [0.4, 0.5) is 13.2 Å². The zero-order chi connectivity index (χ0) is 25.4. The molecular formula is C28H33F3N2O3. The summed E-state index contributed by atoms with van der Waals surface area (Å²) in [6.45, 7) is 1.88. The van der Waals surface area contributed by atoms with E-state index in [0.717, 1.165) is 62.1 Å². The molecule has 0 aliphatic carbocycles. The van der Waals surface area contributed by atoms with Crippen molar-refractivity contribution in [2.24, 2.45) is 5.92 Å². The Kier molecular flexibility index (Phi) is 9.15. The number of ketones is 1. The van der Waals surface area contributed by atoms with Crippen LogP contribution in [0.2, 0.25) is 0 Å². The molecule has 4 rings (SSSR count). The second kappa shape index (κ2) is 12.5. The number of pyridine rings is 1. The SMILES string of the molecule is O=C(/C=C/c1ccccc1)C[C@H]1CC[C@H](CCN2CCc3ccc(OCC(F)(F)F)nc3CC2)OC1. The van der Waals surface area contributed by atoms with Crippen LogP contribution in [0.5, 0.6) is 5.88 Å². The van der Waals surface area contributed by atoms with E-state index >= 15 is 0 Å². The van der Waals surface area contributed by atoms with E-state index in [-0.39, 0.29) is 23.7 Å². The van der Waals surface area contributed by atoms with Crippen LogP contribution in [0.25, 0.3) is 6.08 Å². The van der Waals surface area contributed by atoms with Gasteiger partial charge in [0.05, 0.1) is 12.7 Å². The third-order valence-electron chi connectivity index (χ3n) is 6.77. The van der Waals surface area contributed by atoms with Gasteiger partial charge in [-0.15, -0.1) is 0 Å². The highest BCUT2D eigenvalue weighted by Crippen LogP contribution is 2.25. The third-order valence-corrected chi connectivity index (χ3v) is 6.77. The van der Waals surface area contributed by atoms with E-state index in [1.807, 2.05) is 42.5 Å². The number of hydrogen-bond donors (Lipinski definition) is 0. The van der Waals surface area contributed by atoms with E-state index in [4.69, 9.17) is 9.47 Å². The minimum Gasteiger partial charge on any atom is -0.468 e. The molecule has 36 heavy (non-hydrogen) atoms. The van der Waals surface area contributed by atoms with Gasteiger partial charge in [0, 0.05) is 44.2 Å². The maximum Gasteiger partial charge on any atom is 0.422 e. The average molecular weight is 503 g/mol. The van der Waals surface area contributed by atoms with Gasteiger partial charge in [0.2, 0.25) is 5.88 Å². The van der Waals surface area contributed by atoms with E-state index in [0.29, 0.717) is 19.4 Å². The Bertz CT molecular complexity index is 1020. The lowest BCUT2D eigenvalue weighted by atomic mass is 9.92. The molecule has 2 aliphatic rings. The molecule has 8 heteroatoms. The quantitative estimate of drug-likeness (QED) is 0.437. The van der Waals surface area contributed by atoms with Gasteiger partial charge in [0.25, 0.3) is 0 Å². The Balaban J connectivity index is 1.15. The van der Waals surface area contributed by atoms with Crippen LogP contribution < -0.4 is 4.74 Å². The first-order valence-electron chi connectivity index (χ1n) is 12.6. The fourth-order valence-electron chi connectivity index (χ4n) is 4.75. The van der Waals surface area contributed by atoms with E-state index in [1.54, 1.807) is 6.08 Å². The highest BCUT2D eigenvalue weighted by molar-refractivity contribution is 5.93. The Labute approximate surface area is 210 Å². The fraction of sp³-hybridized carbons (Fsp3) is 0.500. The number of halogens is 3. The molecule has 2 aliphatic heterocycles. The third kappa shape index (κ3) is 8.45. The highest BCUT2D eigenvalue weighted by atomic mass is 19.4. The molecule has 2 atom stereocenters. The molecule has 0 unspecified atom stereocenters. The van der Waals surface area contributed by atoms with Gasteiger partial charge in [-0.3, -0.25) is 4.79 Å². The summed E-state index contributed by atoms with van der Waals surface area (Å²) in [6.07, 6.45) is 4.24. The number of ether oxygens (including phenoxy) is 2. The van der Waals surface area contributed by atoms with E-state index in [1.165, 1.54) is 6.07 Å². The van der Waals surface area contributed by atoms with Crippen molar-refractivity contribution < 1.29 is 27.4 Å². The Morgan fingerprint density at radius 3 is 2.67 bits per heavy atom. The van der Waals surface area contributed by atoms with Gasteiger partial charge < -0.3 is 14.4 Å². The van der Waals surface area contributed by atoms with Crippen LogP contribution in [0.15, 0.2) is 48.5 Å². The summed E-state index contributed by atoms with van der Waals surface area (Å²) in [7, 11) is 0. The lowest BCUT2D eigenvalue weighted by Gasteiger charge is -2.30. The maximum absolute atomic E-state index is 12.4. The summed E-state index contributed by atoms with van der Waals surface area (Å²) >= 11 is 0. The molecule has 0 N–H and O–H groups in total. The number of alkyl halides is 3. The van der Waals surface area contributed by atoms with Crippen molar-refractivity contribution in [1.82, 2.24) is 9.88 Å². The van der Waals surface area contributed by atoms with E-state index < -0.39 is 12.8 Å². The van der Waals surface area contributed by atoms with Gasteiger partial charge in [0.15, 0.2) is 12.4 Å². The molecule has 1 aromatic carbocycles. The van der Waals surface area contributed by atoms with Gasteiger partial charge in [-0.1, -0.05) is 42.5 Å². The molecule has 1 saturated heterocycles. The summed E-state index contributed by atoms with van der Waals surface area (Å²) in [4.78, 5) is 19.0. The molecule has 0 spiro atoms. The number of rotatable bonds is 9. The van der Waals surface area contributed by atoms with Crippen molar-refractivity contribution in [3.63, 3.8) is 0 Å². The molecule has 0 amide bonds. The number of aromatic nitrogens is 1. The van der Waals surface area contributed by atoms with Crippen molar-refractivity contribution in [2.75, 3.05) is 32.8 Å². The highest BCUT2D eigenvalue weighted by Gasteiger charge is 2.29. The van der Waals surface area contributed by atoms with Crippen LogP contribution in [0.1, 0.15) is 42.5 Å². The number of hydrogen-bond acceptors (Lipinski definition) is 5. The number of allylic oxidation sites excluding steroid dienone is 1. The largest absolute Gasteiger partial charge is 0.468 e. The average Bonchev–Trinajstić information content (AvgIpc) is 3.08. The minimum absolute atomic E-state index is 0.0266. The van der Waals surface area contributed by atoms with Crippen molar-refractivity contribution in [2.45, 2.75) is 50.8 Å². The van der Waals surface area contributed by atoms with E-state index in [2.05, 4.69) is 9.88 Å². The first kappa shape index (κ1) is 26.4. The summed E-state index contributed by atoms with van der Waals surface area (Å²) in [6, 6.07) is 13.2. The van der Waals surface area contributed by atoms with Gasteiger partial charge in [0.1, 0.15) is 0 Å². The Morgan fingerprint density at radius 2 is 1.92 bits per heavy atom. The minimum atomic E-state index is -4.37. The van der Waals surface area contributed by atoms with Gasteiger partial charge >= 0.3 is 6.18 Å². The van der Waals surface area contributed by atoms with Crippen molar-refractivity contribution in [3.8, 4) is 5.88 Å². The fourth-order valence-corrected chi connectivity index (χ4v) is 4.75. The molecule has 194 valence electrons. The number of fused-ring (bicyclic) bond motifs is 1. The lowest BCUT2D eigenvalue weighted by molar-refractivity contribution is -0.154. The molecule has 0 radical (unpaired) electrons. The van der Waals surface area contributed by atoms with Crippen LogP contribution in [0, 0.1) is 5.92 Å². The second-order valence-electron chi connectivity index (χ2n) is 9.60. The Hall–Kier alpha value is -2.71. The summed E-state index contributed by atoms with van der Waals surface area (Å²) in [5.74, 6) is 0.427. The molecule has 0 saturated carbocycles. The standard InChI is InChI=1S/C28H33F3N2O3/c29-28(30,31)20-36-27-11-8-23-12-15-33(17-14-26(23)32-27)16-13-25-10-7-22(19-35-25)18-24(34)9-6-21-4-2-1-3-5-21/h1-6,8-9,11,22,25H,7,10,12-20H2/b9-6+/t22-,25-/m1/s1. The maximum atomic E-state index is 12.4. The number of benzene rings is 1. The predicted molar refractivity (Wildman–Crippen MR) is 132 cm³/mol. The monoisotopic (exact) mass is 502 g/mol. The molecule has 1 aromatic heterocycles. The van der Waals surface area contributed by atoms with Crippen LogP contribution in [0.3, 0.4) is 0 Å². The molecule has 1 fully saturated rings. The normalized spacial score (nSPS) is 21.2. The van der Waals surface area contributed by atoms with E-state index in [9.17, 15) is 18.0 Å². The number of carbonyl (C=O) groups is 1. The van der Waals surface area contributed by atoms with Crippen molar-refractivity contribution >= 4 is 11.9 Å². The number of carbonyl (C=O) groups excluding carboxylic acids is 1. The van der Waals surface area contributed by atoms with Crippen LogP contribution in [-0.2, 0) is 22.4 Å². The zero-order valence-electron chi connectivity index (χ0n) is 20.4. The molecule has 2 aromatic rings. The topological polar surface area (TPSA) is 51.7 Å². The molecule has 0 bridgehead atoms. The molecule has 3 heterocycles. The van der Waals surface area contributed by atoms with Gasteiger partial charge in [-0.05, 0) is 48.8 Å². The molecule has 5 nitrogen and oxygen atoms in total. The smallest absolute Gasteiger partial charge is 0.422 e. The van der Waals surface area contributed by atoms with Gasteiger partial charge in [-0.25, -0.2) is 4.98 Å². The molecular weight excluding hydrogens is 469 g/mol.